The fraction of sp³-hybridized carbons (Fsp3) is 0.0857. The van der Waals surface area contributed by atoms with Crippen molar-refractivity contribution in [1.82, 2.24) is 52.3 Å². The first-order valence-electron chi connectivity index (χ1n) is 14.9. The van der Waals surface area contributed by atoms with Crippen LogP contribution in [0.3, 0.4) is 0 Å². The maximum Gasteiger partial charge on any atom is 2.00 e. The maximum absolute atomic E-state index is 4.90. The van der Waals surface area contributed by atoms with Crippen molar-refractivity contribution in [2.75, 3.05) is 0 Å². The normalized spacial score (nSPS) is 11.2. The molecule has 0 spiro atoms. The molecule has 8 aromatic heterocycles. The molecule has 0 fully saturated rings. The molecule has 0 aliphatic heterocycles. The summed E-state index contributed by atoms with van der Waals surface area (Å²) in [6.07, 6.45) is 26.1. The Hall–Kier alpha value is -5.18. The number of hydrogen-bond acceptors (Lipinski definition) is 3. The van der Waals surface area contributed by atoms with Gasteiger partial charge in [-0.3, -0.25) is 0 Å². The Morgan fingerprint density at radius 2 is 1.35 bits per heavy atom. The predicted molar refractivity (Wildman–Crippen MR) is 176 cm³/mol. The fourth-order valence-corrected chi connectivity index (χ4v) is 6.18. The Morgan fingerprint density at radius 3 is 1.88 bits per heavy atom. The summed E-state index contributed by atoms with van der Waals surface area (Å²) in [5.74, 6) is 1.65. The fourth-order valence-electron chi connectivity index (χ4n) is 6.18. The molecule has 12 nitrogen and oxygen atoms in total. The van der Waals surface area contributed by atoms with Crippen LogP contribution in [0.1, 0.15) is 0 Å². The number of hydrogen-bond donors (Lipinski definition) is 0. The zero-order valence-electron chi connectivity index (χ0n) is 26.3. The molecule has 10 aromatic rings. The van der Waals surface area contributed by atoms with E-state index in [0.29, 0.717) is 0 Å². The van der Waals surface area contributed by atoms with E-state index >= 15 is 0 Å². The molecule has 49 heavy (non-hydrogen) atoms. The molecule has 10 rings (SSSR count). The number of fused-ring (bicyclic) bond motifs is 6. The van der Waals surface area contributed by atoms with Crippen LogP contribution in [0, 0.1) is 18.9 Å². The summed E-state index contributed by atoms with van der Waals surface area (Å²) in [4.78, 5) is 22.5. The molecule has 0 radical (unpaired) electrons. The van der Waals surface area contributed by atoms with Gasteiger partial charge in [0.1, 0.15) is 5.95 Å². The molecule has 2 aromatic carbocycles. The third-order valence-electron chi connectivity index (χ3n) is 8.40. The first-order chi connectivity index (χ1) is 23.0. The minimum absolute atomic E-state index is 0. The SMILES string of the molecule is Cn1c[c-]nc1-n1ccc2c3cccc(-n4[c-][n+](C)cc4)c3[n-]c21.Cn1ccnc1-n1ccc2c3cccc(-n4[c-]ncc4)c3[n-]c21.[Pt+2].[Pt]. The second-order valence-electron chi connectivity index (χ2n) is 11.3. The van der Waals surface area contributed by atoms with Gasteiger partial charge in [-0.05, 0) is 51.4 Å². The zero-order valence-corrected chi connectivity index (χ0v) is 30.9. The van der Waals surface area contributed by atoms with E-state index in [-0.39, 0.29) is 42.1 Å². The molecule has 0 amide bonds. The average molecular weight is 1000 g/mol. The summed E-state index contributed by atoms with van der Waals surface area (Å²) < 4.78 is 13.6. The van der Waals surface area contributed by atoms with Crippen molar-refractivity contribution in [2.24, 2.45) is 21.1 Å². The molecule has 0 aliphatic rings. The van der Waals surface area contributed by atoms with Gasteiger partial charge in [-0.25, -0.2) is 4.98 Å². The molecule has 0 bridgehead atoms. The Kier molecular flexibility index (Phi) is 8.38. The third-order valence-corrected chi connectivity index (χ3v) is 8.40. The Bertz CT molecular complexity index is 2690. The van der Waals surface area contributed by atoms with E-state index in [2.05, 4.69) is 70.2 Å². The van der Waals surface area contributed by atoms with E-state index in [1.807, 2.05) is 109 Å². The number of aromatic nitrogens is 12. The molecule has 14 heteroatoms. The van der Waals surface area contributed by atoms with Gasteiger partial charge in [0.15, 0.2) is 0 Å². The van der Waals surface area contributed by atoms with Gasteiger partial charge in [-0.1, -0.05) is 90.7 Å². The summed E-state index contributed by atoms with van der Waals surface area (Å²) >= 11 is 0. The number of nitrogens with zero attached hydrogens (tertiary/aromatic N) is 12. The quantitative estimate of drug-likeness (QED) is 0.195. The van der Waals surface area contributed by atoms with Crippen molar-refractivity contribution in [3.63, 3.8) is 0 Å². The van der Waals surface area contributed by atoms with Gasteiger partial charge in [0.2, 0.25) is 6.33 Å². The molecule has 0 aliphatic carbocycles. The monoisotopic (exact) mass is 1000 g/mol. The Morgan fingerprint density at radius 1 is 0.694 bits per heavy atom. The smallest absolute Gasteiger partial charge is 0.472 e. The van der Waals surface area contributed by atoms with E-state index in [4.69, 9.17) is 9.97 Å². The number of para-hydroxylation sites is 2. The van der Waals surface area contributed by atoms with Gasteiger partial charge in [-0.15, -0.1) is 6.20 Å². The molecule has 8 heterocycles. The first kappa shape index (κ1) is 32.4. The van der Waals surface area contributed by atoms with E-state index in [1.165, 1.54) is 0 Å². The molecule has 0 N–H and O–H groups in total. The van der Waals surface area contributed by atoms with Crippen LogP contribution in [-0.2, 0) is 63.3 Å². The summed E-state index contributed by atoms with van der Waals surface area (Å²) in [5, 5.41) is 4.48. The van der Waals surface area contributed by atoms with Crippen molar-refractivity contribution in [1.29, 1.82) is 0 Å². The minimum atomic E-state index is 0. The first-order valence-corrected chi connectivity index (χ1v) is 14.9. The van der Waals surface area contributed by atoms with Crippen molar-refractivity contribution >= 4 is 43.9 Å². The van der Waals surface area contributed by atoms with Crippen LogP contribution in [0.5, 0.6) is 0 Å². The number of benzene rings is 2. The second-order valence-corrected chi connectivity index (χ2v) is 11.3. The standard InChI is InChI=1S/C18H14N6.C17H12N6.2Pt/c1-21-10-11-23(12-21)15-5-3-4-13-14-6-8-24(17(14)20-16(13)15)18-19-7-9-22(18)2;1-21-9-7-19-17(21)23-8-5-13-12-3-2-4-14(15(12)20-16(13)23)22-10-6-18-11-22;;/h3-6,8-11H,1-2H3;2-10H,1H3;;/q2*-2;;+2. The molecular weight excluding hydrogens is 979 g/mol. The second kappa shape index (κ2) is 12.7. The van der Waals surface area contributed by atoms with Gasteiger partial charge >= 0.3 is 21.1 Å². The van der Waals surface area contributed by atoms with Crippen molar-refractivity contribution in [2.45, 2.75) is 0 Å². The molecule has 248 valence electrons. The summed E-state index contributed by atoms with van der Waals surface area (Å²) in [6, 6.07) is 16.5. The zero-order chi connectivity index (χ0) is 31.6. The summed E-state index contributed by atoms with van der Waals surface area (Å²) in [5.41, 5.74) is 5.70. The number of aryl methyl sites for hydroxylation is 3. The van der Waals surface area contributed by atoms with E-state index in [0.717, 1.165) is 67.1 Å². The molecule has 0 saturated carbocycles. The third kappa shape index (κ3) is 5.23. The van der Waals surface area contributed by atoms with Crippen LogP contribution < -0.4 is 14.5 Å². The van der Waals surface area contributed by atoms with Gasteiger partial charge in [-0.2, -0.15) is 0 Å². The van der Waals surface area contributed by atoms with Crippen LogP contribution in [-0.4, -0.2) is 42.4 Å². The van der Waals surface area contributed by atoms with Crippen LogP contribution in [0.15, 0.2) is 104 Å². The molecule has 0 unspecified atom stereocenters. The van der Waals surface area contributed by atoms with E-state index in [9.17, 15) is 0 Å². The van der Waals surface area contributed by atoms with Crippen molar-refractivity contribution < 1.29 is 46.7 Å². The average Bonchev–Trinajstić information content (AvgIpc) is 3.91. The summed E-state index contributed by atoms with van der Waals surface area (Å²) in [6.45, 7) is 0. The number of rotatable bonds is 4. The van der Waals surface area contributed by atoms with Crippen molar-refractivity contribution in [3.05, 3.63) is 123 Å². The van der Waals surface area contributed by atoms with Gasteiger partial charge in [0.05, 0.1) is 12.7 Å². The topological polar surface area (TPSA) is 100 Å². The molecule has 0 atom stereocenters. The number of imidazole rings is 4. The van der Waals surface area contributed by atoms with Crippen LogP contribution in [0.4, 0.5) is 0 Å². The molecular formula is C35H26N12Pt2-2. The predicted octanol–water partition coefficient (Wildman–Crippen LogP) is 4.15. The Balaban J connectivity index is 0.000000148. The van der Waals surface area contributed by atoms with Crippen LogP contribution in [0.2, 0.25) is 0 Å². The van der Waals surface area contributed by atoms with E-state index in [1.54, 1.807) is 12.4 Å². The Labute approximate surface area is 308 Å². The summed E-state index contributed by atoms with van der Waals surface area (Å²) in [7, 11) is 5.88. The van der Waals surface area contributed by atoms with Gasteiger partial charge in [0.25, 0.3) is 0 Å². The van der Waals surface area contributed by atoms with Crippen molar-refractivity contribution in [3.8, 4) is 23.3 Å². The molecule has 0 saturated heterocycles. The van der Waals surface area contributed by atoms with Crippen LogP contribution in [0.25, 0.3) is 67.1 Å². The largest absolute Gasteiger partial charge is 2.00 e. The van der Waals surface area contributed by atoms with Crippen LogP contribution >= 0.6 is 0 Å². The van der Waals surface area contributed by atoms with E-state index < -0.39 is 0 Å². The minimum Gasteiger partial charge on any atom is -0.472 e. The maximum atomic E-state index is 4.90. The van der Waals surface area contributed by atoms with Gasteiger partial charge < -0.3 is 51.9 Å². The van der Waals surface area contributed by atoms with Gasteiger partial charge in [0, 0.05) is 59.2 Å².